The Morgan fingerprint density at radius 1 is 0.513 bits per heavy atom. The number of ether oxygens (including phenoxy) is 3. The smallest absolute Gasteiger partial charge is 0.306 e. The van der Waals surface area contributed by atoms with Crippen LogP contribution in [-0.4, -0.2) is 37.7 Å². The average molecular weight is 555 g/mol. The van der Waals surface area contributed by atoms with Gasteiger partial charge in [0.1, 0.15) is 19.8 Å². The van der Waals surface area contributed by atoms with Crippen LogP contribution >= 0.6 is 0 Å². The van der Waals surface area contributed by atoms with Crippen molar-refractivity contribution >= 4 is 17.9 Å². The van der Waals surface area contributed by atoms with E-state index in [1.165, 1.54) is 0 Å². The van der Waals surface area contributed by atoms with Crippen molar-refractivity contribution in [2.24, 2.45) is 39.4 Å². The van der Waals surface area contributed by atoms with E-state index in [4.69, 9.17) is 14.2 Å². The molecule has 0 bridgehead atoms. The molecule has 0 amide bonds. The van der Waals surface area contributed by atoms with Crippen molar-refractivity contribution in [3.05, 3.63) is 0 Å². The van der Waals surface area contributed by atoms with Crippen LogP contribution in [0.3, 0.4) is 0 Å². The van der Waals surface area contributed by atoms with E-state index in [9.17, 15) is 14.4 Å². The molecule has 0 radical (unpaired) electrons. The summed E-state index contributed by atoms with van der Waals surface area (Å²) in [7, 11) is 0. The van der Waals surface area contributed by atoms with Crippen LogP contribution in [0.5, 0.6) is 0 Å². The first-order chi connectivity index (χ1) is 17.5. The highest BCUT2D eigenvalue weighted by Gasteiger charge is 2.35. The van der Waals surface area contributed by atoms with E-state index < -0.39 is 5.41 Å². The van der Waals surface area contributed by atoms with Crippen LogP contribution in [0, 0.1) is 39.4 Å². The Morgan fingerprint density at radius 3 is 0.923 bits per heavy atom. The van der Waals surface area contributed by atoms with E-state index in [1.807, 2.05) is 6.92 Å². The number of hydrogen-bond acceptors (Lipinski definition) is 6. The molecule has 0 spiro atoms. The Hall–Kier alpha value is -1.59. The molecule has 0 aliphatic heterocycles. The van der Waals surface area contributed by atoms with Crippen molar-refractivity contribution in [2.75, 3.05) is 19.8 Å². The molecule has 39 heavy (non-hydrogen) atoms. The highest BCUT2D eigenvalue weighted by molar-refractivity contribution is 5.71. The molecule has 0 N–H and O–H groups in total. The first-order valence-electron chi connectivity index (χ1n) is 15.0. The summed E-state index contributed by atoms with van der Waals surface area (Å²) < 4.78 is 17.2. The lowest BCUT2D eigenvalue weighted by molar-refractivity contribution is -0.163. The topological polar surface area (TPSA) is 78.9 Å². The van der Waals surface area contributed by atoms with E-state index in [0.29, 0.717) is 25.7 Å². The maximum Gasteiger partial charge on any atom is 0.306 e. The van der Waals surface area contributed by atoms with Crippen LogP contribution in [0.25, 0.3) is 0 Å². The van der Waals surface area contributed by atoms with Crippen molar-refractivity contribution in [3.63, 3.8) is 0 Å². The Morgan fingerprint density at radius 2 is 0.744 bits per heavy atom. The SMILES string of the molecule is CCC(COC(=O)CC(C)CC(C)(C)C)(COC(=O)CC(C)CC(C)(C)C)COC(=O)CC(C)CC(C)(C)C. The number of hydrogen-bond donors (Lipinski definition) is 0. The number of carbonyl (C=O) groups is 3. The first kappa shape index (κ1) is 37.4. The summed E-state index contributed by atoms with van der Waals surface area (Å²) in [5.74, 6) is -0.257. The molecule has 230 valence electrons. The second kappa shape index (κ2) is 16.0. The molecule has 0 aromatic carbocycles. The van der Waals surface area contributed by atoms with Gasteiger partial charge in [-0.1, -0.05) is 90.0 Å². The van der Waals surface area contributed by atoms with Gasteiger partial charge in [0.15, 0.2) is 0 Å². The molecule has 3 unspecified atom stereocenters. The summed E-state index contributed by atoms with van der Waals surface area (Å²) in [6, 6.07) is 0. The van der Waals surface area contributed by atoms with E-state index in [0.717, 1.165) is 19.3 Å². The normalized spacial score (nSPS) is 16.5. The summed E-state index contributed by atoms with van der Waals surface area (Å²) in [4.78, 5) is 38.1. The fourth-order valence-electron chi connectivity index (χ4n) is 5.51. The van der Waals surface area contributed by atoms with Gasteiger partial charge in [-0.2, -0.15) is 0 Å². The highest BCUT2D eigenvalue weighted by Crippen LogP contribution is 2.30. The lowest BCUT2D eigenvalue weighted by atomic mass is 9.84. The van der Waals surface area contributed by atoms with E-state index in [2.05, 4.69) is 83.1 Å². The van der Waals surface area contributed by atoms with Crippen molar-refractivity contribution < 1.29 is 28.6 Å². The van der Waals surface area contributed by atoms with Gasteiger partial charge in [0.2, 0.25) is 0 Å². The maximum absolute atomic E-state index is 12.7. The predicted octanol–water partition coefficient (Wildman–Crippen LogP) is 8.40. The van der Waals surface area contributed by atoms with Gasteiger partial charge in [0, 0.05) is 19.3 Å². The van der Waals surface area contributed by atoms with Gasteiger partial charge in [0.05, 0.1) is 5.41 Å². The molecule has 0 saturated heterocycles. The number of rotatable bonds is 16. The first-order valence-corrected chi connectivity index (χ1v) is 15.0. The van der Waals surface area contributed by atoms with Crippen LogP contribution in [0.2, 0.25) is 0 Å². The van der Waals surface area contributed by atoms with Crippen LogP contribution in [-0.2, 0) is 28.6 Å². The molecule has 0 aliphatic rings. The molecule has 0 rings (SSSR count). The zero-order valence-electron chi connectivity index (χ0n) is 27.8. The van der Waals surface area contributed by atoms with Gasteiger partial charge in [-0.15, -0.1) is 0 Å². The van der Waals surface area contributed by atoms with E-state index >= 15 is 0 Å². The number of carbonyl (C=O) groups excluding carboxylic acids is 3. The molecular formula is C33H62O6. The summed E-state index contributed by atoms with van der Waals surface area (Å²) >= 11 is 0. The third-order valence-electron chi connectivity index (χ3n) is 6.80. The quantitative estimate of drug-likeness (QED) is 0.141. The zero-order valence-corrected chi connectivity index (χ0v) is 27.8. The minimum Gasteiger partial charge on any atom is -0.465 e. The van der Waals surface area contributed by atoms with Gasteiger partial charge in [0.25, 0.3) is 0 Å². The average Bonchev–Trinajstić information content (AvgIpc) is 2.69. The molecule has 3 atom stereocenters. The summed E-state index contributed by atoms with van der Waals surface area (Å²) in [5.41, 5.74) is -0.397. The molecule has 0 aromatic heterocycles. The van der Waals surface area contributed by atoms with E-state index in [1.54, 1.807) is 0 Å². The Balaban J connectivity index is 5.34. The van der Waals surface area contributed by atoms with E-state index in [-0.39, 0.29) is 71.7 Å². The van der Waals surface area contributed by atoms with Crippen LogP contribution in [0.15, 0.2) is 0 Å². The molecule has 6 heteroatoms. The fourth-order valence-corrected chi connectivity index (χ4v) is 5.51. The molecule has 0 aromatic rings. The van der Waals surface area contributed by atoms with Crippen LogP contribution in [0.1, 0.15) is 135 Å². The minimum atomic E-state index is -0.783. The fraction of sp³-hybridized carbons (Fsp3) is 0.909. The molecular weight excluding hydrogens is 492 g/mol. The second-order valence-electron chi connectivity index (χ2n) is 16.1. The predicted molar refractivity (Wildman–Crippen MR) is 159 cm³/mol. The van der Waals surface area contributed by atoms with Gasteiger partial charge < -0.3 is 14.2 Å². The summed E-state index contributed by atoms with van der Waals surface area (Å²) in [6.45, 7) is 27.7. The van der Waals surface area contributed by atoms with Crippen molar-refractivity contribution in [1.82, 2.24) is 0 Å². The van der Waals surface area contributed by atoms with Crippen molar-refractivity contribution in [3.8, 4) is 0 Å². The van der Waals surface area contributed by atoms with Crippen LogP contribution < -0.4 is 0 Å². The minimum absolute atomic E-state index is 0.0419. The Kier molecular flexibility index (Phi) is 15.4. The zero-order chi connectivity index (χ0) is 30.7. The molecule has 0 fully saturated rings. The van der Waals surface area contributed by atoms with Crippen LogP contribution in [0.4, 0.5) is 0 Å². The molecule has 6 nitrogen and oxygen atoms in total. The van der Waals surface area contributed by atoms with Gasteiger partial charge in [-0.3, -0.25) is 14.4 Å². The molecule has 0 saturated carbocycles. The molecule has 0 aliphatic carbocycles. The van der Waals surface area contributed by atoms with Gasteiger partial charge in [-0.25, -0.2) is 0 Å². The third kappa shape index (κ3) is 20.0. The monoisotopic (exact) mass is 554 g/mol. The summed E-state index contributed by atoms with van der Waals surface area (Å²) in [6.07, 6.45) is 4.25. The van der Waals surface area contributed by atoms with Gasteiger partial charge >= 0.3 is 17.9 Å². The Labute approximate surface area is 240 Å². The standard InChI is InChI=1S/C33H62O6/c1-14-33(21-37-27(34)15-24(2)18-30(5,6)7,22-38-28(35)16-25(3)19-31(8,9)10)23-39-29(36)17-26(4)20-32(11,12)13/h24-26H,14-23H2,1-13H3. The maximum atomic E-state index is 12.7. The van der Waals surface area contributed by atoms with Gasteiger partial charge in [-0.05, 0) is 59.7 Å². The second-order valence-corrected chi connectivity index (χ2v) is 16.1. The van der Waals surface area contributed by atoms with Crippen molar-refractivity contribution in [1.29, 1.82) is 0 Å². The van der Waals surface area contributed by atoms with Crippen molar-refractivity contribution in [2.45, 2.75) is 135 Å². The lowest BCUT2D eigenvalue weighted by Gasteiger charge is -2.32. The highest BCUT2D eigenvalue weighted by atomic mass is 16.6. The summed E-state index contributed by atoms with van der Waals surface area (Å²) in [5, 5.41) is 0. The Bertz CT molecular complexity index is 652. The number of esters is 3. The lowest BCUT2D eigenvalue weighted by Crippen LogP contribution is -2.39. The third-order valence-corrected chi connectivity index (χ3v) is 6.80. The molecule has 0 heterocycles. The largest absolute Gasteiger partial charge is 0.465 e.